The Hall–Kier alpha value is -3.36. The number of hydrogen-bond donors (Lipinski definition) is 0. The van der Waals surface area contributed by atoms with Crippen LogP contribution in [0.1, 0.15) is 65.6 Å². The first-order valence-corrected chi connectivity index (χ1v) is 12.8. The minimum Gasteiger partial charge on any atom is -0.330 e. The molecule has 0 N–H and O–H groups in total. The summed E-state index contributed by atoms with van der Waals surface area (Å²) >= 11 is 0. The maximum Gasteiger partial charge on any atom is 0.416 e. The number of anilines is 1. The van der Waals surface area contributed by atoms with Crippen molar-refractivity contribution in [3.05, 3.63) is 69.8 Å². The van der Waals surface area contributed by atoms with Crippen LogP contribution in [0.4, 0.5) is 45.5 Å². The standard InChI is InChI=1S/C26H27F9N6/c1-3-22(40-8-4-5-9-40)21-7-6-18(24(27,28)29)12-17(21)15-41(23-36-38-39(2)37-23)14-16-10-19(25(30,31)32)13-20(11-16)26(33,34)35/h6-7,10-13,22H,3-5,8-9,14-15H2,1-2H3/t22-/m0/s1. The molecule has 4 rings (SSSR count). The van der Waals surface area contributed by atoms with E-state index in [2.05, 4.69) is 20.3 Å². The van der Waals surface area contributed by atoms with Crippen molar-refractivity contribution in [1.29, 1.82) is 0 Å². The fourth-order valence-corrected chi connectivity index (χ4v) is 5.11. The van der Waals surface area contributed by atoms with Crippen molar-refractivity contribution in [1.82, 2.24) is 25.1 Å². The lowest BCUT2D eigenvalue weighted by molar-refractivity contribution is -0.143. The Morgan fingerprint density at radius 3 is 1.88 bits per heavy atom. The zero-order valence-corrected chi connectivity index (χ0v) is 22.1. The van der Waals surface area contributed by atoms with Crippen LogP contribution in [0, 0.1) is 0 Å². The summed E-state index contributed by atoms with van der Waals surface area (Å²) in [6.45, 7) is 2.51. The van der Waals surface area contributed by atoms with Gasteiger partial charge in [0.1, 0.15) is 0 Å². The molecular weight excluding hydrogens is 567 g/mol. The third-order valence-corrected chi connectivity index (χ3v) is 6.96. The molecule has 41 heavy (non-hydrogen) atoms. The van der Waals surface area contributed by atoms with Gasteiger partial charge in [0.25, 0.3) is 5.95 Å². The van der Waals surface area contributed by atoms with Gasteiger partial charge in [0, 0.05) is 19.1 Å². The number of hydrogen-bond acceptors (Lipinski definition) is 5. The molecule has 15 heteroatoms. The van der Waals surface area contributed by atoms with Crippen LogP contribution in [0.2, 0.25) is 0 Å². The Morgan fingerprint density at radius 1 is 0.805 bits per heavy atom. The minimum atomic E-state index is -5.07. The second-order valence-corrected chi connectivity index (χ2v) is 9.93. The highest BCUT2D eigenvalue weighted by atomic mass is 19.4. The normalized spacial score (nSPS) is 15.9. The molecule has 0 spiro atoms. The number of tetrazole rings is 1. The van der Waals surface area contributed by atoms with Gasteiger partial charge in [-0.25, -0.2) is 0 Å². The van der Waals surface area contributed by atoms with Crippen LogP contribution in [0.15, 0.2) is 36.4 Å². The van der Waals surface area contributed by atoms with Gasteiger partial charge in [-0.1, -0.05) is 18.1 Å². The molecule has 0 saturated carbocycles. The summed E-state index contributed by atoms with van der Waals surface area (Å²) in [5.41, 5.74) is -3.54. The van der Waals surface area contributed by atoms with Crippen LogP contribution in [0.3, 0.4) is 0 Å². The van der Waals surface area contributed by atoms with E-state index in [1.165, 1.54) is 18.0 Å². The largest absolute Gasteiger partial charge is 0.416 e. The van der Waals surface area contributed by atoms with Gasteiger partial charge in [-0.05, 0) is 84.6 Å². The number of aromatic nitrogens is 4. The molecule has 6 nitrogen and oxygen atoms in total. The van der Waals surface area contributed by atoms with Gasteiger partial charge in [-0.15, -0.1) is 5.10 Å². The lowest BCUT2D eigenvalue weighted by Crippen LogP contribution is -2.29. The predicted octanol–water partition coefficient (Wildman–Crippen LogP) is 7.02. The number of benzene rings is 2. The average Bonchev–Trinajstić information content (AvgIpc) is 3.55. The third-order valence-electron chi connectivity index (χ3n) is 6.96. The first kappa shape index (κ1) is 30.6. The highest BCUT2D eigenvalue weighted by Gasteiger charge is 2.37. The fraction of sp³-hybridized carbons (Fsp3) is 0.500. The van der Waals surface area contributed by atoms with E-state index < -0.39 is 41.8 Å². The molecule has 1 aliphatic rings. The molecule has 224 valence electrons. The second-order valence-electron chi connectivity index (χ2n) is 9.93. The van der Waals surface area contributed by atoms with Gasteiger partial charge >= 0.3 is 18.5 Å². The highest BCUT2D eigenvalue weighted by molar-refractivity contribution is 5.42. The van der Waals surface area contributed by atoms with E-state index in [1.54, 1.807) is 0 Å². The number of rotatable bonds is 8. The van der Waals surface area contributed by atoms with Crippen molar-refractivity contribution in [2.45, 2.75) is 63.8 Å². The SMILES string of the molecule is CC[C@@H](c1ccc(C(F)(F)F)cc1CN(Cc1cc(C(F)(F)F)cc(C(F)(F)F)c1)c1nnn(C)n1)N1CCCC1. The van der Waals surface area contributed by atoms with E-state index in [9.17, 15) is 39.5 Å². The smallest absolute Gasteiger partial charge is 0.330 e. The topological polar surface area (TPSA) is 50.1 Å². The van der Waals surface area contributed by atoms with E-state index >= 15 is 0 Å². The van der Waals surface area contributed by atoms with Crippen LogP contribution in [-0.2, 0) is 38.7 Å². The van der Waals surface area contributed by atoms with Crippen molar-refractivity contribution in [3.63, 3.8) is 0 Å². The van der Waals surface area contributed by atoms with Crippen molar-refractivity contribution in [2.24, 2.45) is 7.05 Å². The number of likely N-dealkylation sites (tertiary alicyclic amines) is 1. The maximum atomic E-state index is 13.7. The van der Waals surface area contributed by atoms with Crippen LogP contribution in [0.25, 0.3) is 0 Å². The molecule has 1 atom stereocenters. The zero-order chi connectivity index (χ0) is 30.2. The minimum absolute atomic E-state index is 0.0151. The van der Waals surface area contributed by atoms with Crippen LogP contribution in [0.5, 0.6) is 0 Å². The Morgan fingerprint density at radius 2 is 1.39 bits per heavy atom. The molecule has 2 aromatic carbocycles. The number of alkyl halides is 9. The molecule has 0 radical (unpaired) electrons. The maximum absolute atomic E-state index is 13.7. The summed E-state index contributed by atoms with van der Waals surface area (Å²) < 4.78 is 122. The van der Waals surface area contributed by atoms with Crippen molar-refractivity contribution >= 4 is 5.95 Å². The summed E-state index contributed by atoms with van der Waals surface area (Å²) in [4.78, 5) is 4.40. The van der Waals surface area contributed by atoms with Gasteiger partial charge in [-0.2, -0.15) is 44.3 Å². The molecule has 1 aliphatic heterocycles. The Kier molecular flexibility index (Phi) is 8.58. The summed E-state index contributed by atoms with van der Waals surface area (Å²) in [6, 6.07) is 4.25. The number of halogens is 9. The van der Waals surface area contributed by atoms with Crippen LogP contribution < -0.4 is 4.90 Å². The third kappa shape index (κ3) is 7.29. The molecule has 0 unspecified atom stereocenters. The van der Waals surface area contributed by atoms with E-state index in [1.807, 2.05) is 6.92 Å². The molecule has 0 bridgehead atoms. The summed E-state index contributed by atoms with van der Waals surface area (Å²) in [7, 11) is 1.40. The predicted molar refractivity (Wildman–Crippen MR) is 130 cm³/mol. The first-order chi connectivity index (χ1) is 19.1. The van der Waals surface area contributed by atoms with Crippen molar-refractivity contribution in [3.8, 4) is 0 Å². The van der Waals surface area contributed by atoms with Gasteiger partial charge in [0.2, 0.25) is 0 Å². The van der Waals surface area contributed by atoms with E-state index in [-0.39, 0.29) is 35.7 Å². The Labute approximate surface area is 229 Å². The monoisotopic (exact) mass is 594 g/mol. The van der Waals surface area contributed by atoms with Gasteiger partial charge < -0.3 is 4.90 Å². The van der Waals surface area contributed by atoms with E-state index in [0.717, 1.165) is 42.9 Å². The Balaban J connectivity index is 1.81. The number of aryl methyl sites for hydroxylation is 1. The second kappa shape index (κ2) is 11.5. The summed E-state index contributed by atoms with van der Waals surface area (Å²) in [5.74, 6) is -0.170. The lowest BCUT2D eigenvalue weighted by atomic mass is 9.94. The van der Waals surface area contributed by atoms with Crippen molar-refractivity contribution < 1.29 is 39.5 Å². The van der Waals surface area contributed by atoms with Gasteiger partial charge in [0.05, 0.1) is 23.7 Å². The molecule has 1 aromatic heterocycles. The fourth-order valence-electron chi connectivity index (χ4n) is 5.11. The Bertz CT molecular complexity index is 1310. The van der Waals surface area contributed by atoms with E-state index in [0.29, 0.717) is 24.1 Å². The molecule has 1 fully saturated rings. The molecule has 0 amide bonds. The van der Waals surface area contributed by atoms with Crippen LogP contribution >= 0.6 is 0 Å². The highest BCUT2D eigenvalue weighted by Crippen LogP contribution is 2.38. The zero-order valence-electron chi connectivity index (χ0n) is 22.1. The van der Waals surface area contributed by atoms with E-state index in [4.69, 9.17) is 0 Å². The molecule has 0 aliphatic carbocycles. The van der Waals surface area contributed by atoms with Gasteiger partial charge in [0.15, 0.2) is 0 Å². The molecule has 1 saturated heterocycles. The molecule has 3 aromatic rings. The molecule has 2 heterocycles. The summed E-state index contributed by atoms with van der Waals surface area (Å²) in [6.07, 6.45) is -12.4. The first-order valence-electron chi connectivity index (χ1n) is 12.8. The quantitative estimate of drug-likeness (QED) is 0.263. The summed E-state index contributed by atoms with van der Waals surface area (Å²) in [5, 5.41) is 11.6. The average molecular weight is 595 g/mol. The van der Waals surface area contributed by atoms with Gasteiger partial charge in [-0.3, -0.25) is 4.90 Å². The van der Waals surface area contributed by atoms with Crippen LogP contribution in [-0.4, -0.2) is 38.2 Å². The van der Waals surface area contributed by atoms with Crippen molar-refractivity contribution in [2.75, 3.05) is 18.0 Å². The molecular formula is C26H27F9N6. The lowest BCUT2D eigenvalue weighted by Gasteiger charge is -2.31. The number of nitrogens with zero attached hydrogens (tertiary/aromatic N) is 6.